The summed E-state index contributed by atoms with van der Waals surface area (Å²) in [7, 11) is 0. The third-order valence-electron chi connectivity index (χ3n) is 3.71. The van der Waals surface area contributed by atoms with Crippen LogP contribution >= 0.6 is 0 Å². The van der Waals surface area contributed by atoms with Gasteiger partial charge in [0.25, 0.3) is 5.91 Å². The molecule has 3 aliphatic rings. The molecule has 0 saturated heterocycles. The van der Waals surface area contributed by atoms with Crippen molar-refractivity contribution < 1.29 is 9.59 Å². The fraction of sp³-hybridized carbons (Fsp3) is 0.188. The van der Waals surface area contributed by atoms with Crippen molar-refractivity contribution in [3.63, 3.8) is 0 Å². The van der Waals surface area contributed by atoms with Crippen molar-refractivity contribution in [3.8, 4) is 0 Å². The Kier molecular flexibility index (Phi) is 2.56. The van der Waals surface area contributed by atoms with Crippen LogP contribution in [0.4, 0.5) is 0 Å². The van der Waals surface area contributed by atoms with E-state index in [9.17, 15) is 9.59 Å². The van der Waals surface area contributed by atoms with Crippen molar-refractivity contribution >= 4 is 17.4 Å². The van der Waals surface area contributed by atoms with Crippen LogP contribution in [0.1, 0.15) is 6.92 Å². The summed E-state index contributed by atoms with van der Waals surface area (Å²) >= 11 is 0. The smallest absolute Gasteiger partial charge is 0.264 e. The predicted molar refractivity (Wildman–Crippen MR) is 73.7 cm³/mol. The molecule has 0 atom stereocenters. The Balaban J connectivity index is 2.00. The molecule has 0 N–H and O–H groups in total. The lowest BCUT2D eigenvalue weighted by molar-refractivity contribution is -0.121. The summed E-state index contributed by atoms with van der Waals surface area (Å²) in [6.45, 7) is 1.90. The molecule has 19 heavy (non-hydrogen) atoms. The summed E-state index contributed by atoms with van der Waals surface area (Å²) in [6.07, 6.45) is 16.0. The Morgan fingerprint density at radius 1 is 1.11 bits per heavy atom. The number of carbonyl (C=O) groups is 2. The Bertz CT molecular complexity index is 614. The van der Waals surface area contributed by atoms with Gasteiger partial charge in [-0.15, -0.1) is 0 Å². The van der Waals surface area contributed by atoms with Crippen LogP contribution in [-0.4, -0.2) is 17.4 Å². The standard InChI is InChI=1S/C16H13NO2/c1-11-10-14(12-4-2-3-5-12)17-15(19)16(11)8-6-13(18)7-9-16/h2-10,12H,1H3. The van der Waals surface area contributed by atoms with Crippen molar-refractivity contribution in [1.82, 2.24) is 0 Å². The summed E-state index contributed by atoms with van der Waals surface area (Å²) in [6, 6.07) is 0. The number of aliphatic imine (C=N–C) groups is 1. The first-order chi connectivity index (χ1) is 9.12. The molecule has 1 spiro atoms. The highest BCUT2D eigenvalue weighted by Crippen LogP contribution is 2.38. The number of carbonyl (C=O) groups excluding carboxylic acids is 2. The Morgan fingerprint density at radius 2 is 1.74 bits per heavy atom. The lowest BCUT2D eigenvalue weighted by atomic mass is 9.74. The molecule has 3 rings (SSSR count). The number of amides is 1. The minimum Gasteiger partial charge on any atom is -0.290 e. The van der Waals surface area contributed by atoms with Gasteiger partial charge in [-0.05, 0) is 30.7 Å². The Labute approximate surface area is 111 Å². The zero-order valence-electron chi connectivity index (χ0n) is 10.5. The Morgan fingerprint density at radius 3 is 2.32 bits per heavy atom. The van der Waals surface area contributed by atoms with Gasteiger partial charge in [0.2, 0.25) is 0 Å². The molecule has 0 aromatic carbocycles. The average molecular weight is 251 g/mol. The molecular weight excluding hydrogens is 238 g/mol. The predicted octanol–water partition coefficient (Wildman–Crippen LogP) is 2.34. The van der Waals surface area contributed by atoms with Gasteiger partial charge in [0.1, 0.15) is 5.41 Å². The van der Waals surface area contributed by atoms with E-state index in [1.807, 2.05) is 37.3 Å². The van der Waals surface area contributed by atoms with Crippen molar-refractivity contribution in [2.75, 3.05) is 0 Å². The summed E-state index contributed by atoms with van der Waals surface area (Å²) < 4.78 is 0. The SMILES string of the molecule is CC1=CC(C2C=CC=C2)=NC(=O)C12C=CC(=O)C=C2. The van der Waals surface area contributed by atoms with Gasteiger partial charge < -0.3 is 0 Å². The number of dihydropyridines is 1. The molecule has 1 amide bonds. The second-order valence-electron chi connectivity index (χ2n) is 4.90. The topological polar surface area (TPSA) is 46.5 Å². The van der Waals surface area contributed by atoms with Crippen LogP contribution in [0.5, 0.6) is 0 Å². The highest BCUT2D eigenvalue weighted by molar-refractivity contribution is 6.13. The van der Waals surface area contributed by atoms with Crippen LogP contribution in [0.2, 0.25) is 0 Å². The minimum absolute atomic E-state index is 0.0782. The second-order valence-corrected chi connectivity index (χ2v) is 4.90. The number of rotatable bonds is 1. The van der Waals surface area contributed by atoms with Crippen molar-refractivity contribution in [3.05, 3.63) is 60.3 Å². The lowest BCUT2D eigenvalue weighted by Gasteiger charge is -2.30. The number of nitrogens with zero attached hydrogens (tertiary/aromatic N) is 1. The molecule has 1 heterocycles. The third kappa shape index (κ3) is 1.78. The van der Waals surface area contributed by atoms with Crippen molar-refractivity contribution in [2.24, 2.45) is 16.3 Å². The summed E-state index contributed by atoms with van der Waals surface area (Å²) in [5.41, 5.74) is 0.803. The summed E-state index contributed by atoms with van der Waals surface area (Å²) in [5.74, 6) is -0.242. The van der Waals surface area contributed by atoms with Crippen LogP contribution < -0.4 is 0 Å². The second kappa shape index (κ2) is 4.12. The van der Waals surface area contributed by atoms with E-state index >= 15 is 0 Å². The molecule has 0 aromatic rings. The average Bonchev–Trinajstić information content (AvgIpc) is 2.91. The highest BCUT2D eigenvalue weighted by Gasteiger charge is 2.39. The first-order valence-electron chi connectivity index (χ1n) is 6.21. The fourth-order valence-electron chi connectivity index (χ4n) is 2.50. The van der Waals surface area contributed by atoms with Crippen LogP contribution in [0.15, 0.2) is 65.2 Å². The fourth-order valence-corrected chi connectivity index (χ4v) is 2.50. The zero-order valence-corrected chi connectivity index (χ0v) is 10.5. The van der Waals surface area contributed by atoms with E-state index in [0.717, 1.165) is 11.3 Å². The first kappa shape index (κ1) is 11.8. The van der Waals surface area contributed by atoms with Gasteiger partial charge in [-0.1, -0.05) is 36.5 Å². The monoisotopic (exact) mass is 251 g/mol. The largest absolute Gasteiger partial charge is 0.290 e. The van der Waals surface area contributed by atoms with Gasteiger partial charge in [0.15, 0.2) is 5.78 Å². The van der Waals surface area contributed by atoms with E-state index < -0.39 is 5.41 Å². The molecule has 3 nitrogen and oxygen atoms in total. The van der Waals surface area contributed by atoms with Crippen LogP contribution in [0.3, 0.4) is 0 Å². The molecule has 2 aliphatic carbocycles. The number of allylic oxidation sites excluding steroid dienone is 7. The van der Waals surface area contributed by atoms with Gasteiger partial charge >= 0.3 is 0 Å². The van der Waals surface area contributed by atoms with E-state index in [2.05, 4.69) is 4.99 Å². The van der Waals surface area contributed by atoms with Crippen LogP contribution in [0, 0.1) is 11.3 Å². The molecule has 0 fully saturated rings. The molecular formula is C16H13NO2. The quantitative estimate of drug-likeness (QED) is 0.718. The van der Waals surface area contributed by atoms with Crippen molar-refractivity contribution in [1.29, 1.82) is 0 Å². The van der Waals surface area contributed by atoms with E-state index in [4.69, 9.17) is 0 Å². The van der Waals surface area contributed by atoms with Gasteiger partial charge in [-0.3, -0.25) is 9.59 Å². The maximum absolute atomic E-state index is 12.4. The number of hydrogen-bond donors (Lipinski definition) is 0. The van der Waals surface area contributed by atoms with E-state index in [1.165, 1.54) is 12.2 Å². The molecule has 0 bridgehead atoms. The van der Waals surface area contributed by atoms with Gasteiger partial charge in [-0.25, -0.2) is 4.99 Å². The van der Waals surface area contributed by atoms with Crippen molar-refractivity contribution in [2.45, 2.75) is 6.92 Å². The molecule has 94 valence electrons. The Hall–Kier alpha value is -2.29. The molecule has 1 aliphatic heterocycles. The molecule has 0 aromatic heterocycles. The highest BCUT2D eigenvalue weighted by atomic mass is 16.1. The van der Waals surface area contributed by atoms with Gasteiger partial charge in [0, 0.05) is 5.92 Å². The van der Waals surface area contributed by atoms with E-state index in [1.54, 1.807) is 12.2 Å². The maximum atomic E-state index is 12.4. The third-order valence-corrected chi connectivity index (χ3v) is 3.71. The molecule has 3 heteroatoms. The first-order valence-corrected chi connectivity index (χ1v) is 6.21. The van der Waals surface area contributed by atoms with Gasteiger partial charge in [0.05, 0.1) is 5.71 Å². The molecule has 0 radical (unpaired) electrons. The van der Waals surface area contributed by atoms with Crippen LogP contribution in [0.25, 0.3) is 0 Å². The van der Waals surface area contributed by atoms with Gasteiger partial charge in [-0.2, -0.15) is 0 Å². The normalized spacial score (nSPS) is 24.3. The number of ketones is 1. The van der Waals surface area contributed by atoms with E-state index in [-0.39, 0.29) is 17.6 Å². The molecule has 0 saturated carbocycles. The number of hydrogen-bond acceptors (Lipinski definition) is 2. The lowest BCUT2D eigenvalue weighted by Crippen LogP contribution is -2.34. The minimum atomic E-state index is -0.858. The van der Waals surface area contributed by atoms with Crippen LogP contribution in [-0.2, 0) is 9.59 Å². The summed E-state index contributed by atoms with van der Waals surface area (Å²) in [5, 5.41) is 0. The maximum Gasteiger partial charge on any atom is 0.264 e. The molecule has 0 unspecified atom stereocenters. The summed E-state index contributed by atoms with van der Waals surface area (Å²) in [4.78, 5) is 27.8. The van der Waals surface area contributed by atoms with E-state index in [0.29, 0.717) is 0 Å². The zero-order chi connectivity index (χ0) is 13.5.